The van der Waals surface area contributed by atoms with Crippen molar-refractivity contribution in [2.75, 3.05) is 0 Å². The van der Waals surface area contributed by atoms with Crippen LogP contribution in [0, 0.1) is 0 Å². The third-order valence-corrected chi connectivity index (χ3v) is 11.2. The van der Waals surface area contributed by atoms with Gasteiger partial charge in [-0.2, -0.15) is 0 Å². The number of allylic oxidation sites excluding steroid dienone is 4. The van der Waals surface area contributed by atoms with Crippen molar-refractivity contribution >= 4 is 60.2 Å². The molecule has 1 aliphatic carbocycles. The zero-order valence-electron chi connectivity index (χ0n) is 29.1. The average molecular weight is 678 g/mol. The predicted octanol–water partition coefficient (Wildman–Crippen LogP) is 13.0. The first-order chi connectivity index (χ1) is 26.3. The van der Waals surface area contributed by atoms with Crippen molar-refractivity contribution < 1.29 is 0 Å². The summed E-state index contributed by atoms with van der Waals surface area (Å²) in [6, 6.07) is 64.1. The van der Waals surface area contributed by atoms with Crippen LogP contribution in [-0.2, 0) is 0 Å². The molecule has 250 valence electrons. The van der Waals surface area contributed by atoms with Crippen molar-refractivity contribution in [1.29, 1.82) is 0 Å². The number of nitrogens with zero attached hydrogens (tertiary/aromatic N) is 3. The van der Waals surface area contributed by atoms with E-state index in [0.717, 1.165) is 23.5 Å². The van der Waals surface area contributed by atoms with Crippen molar-refractivity contribution in [1.82, 2.24) is 13.7 Å². The summed E-state index contributed by atoms with van der Waals surface area (Å²) in [7, 11) is 0. The van der Waals surface area contributed by atoms with Crippen LogP contribution in [0.4, 0.5) is 0 Å². The summed E-state index contributed by atoms with van der Waals surface area (Å²) in [5.74, 6) is 0.311. The first kappa shape index (κ1) is 29.8. The Kier molecular flexibility index (Phi) is 6.68. The van der Waals surface area contributed by atoms with Gasteiger partial charge in [-0.15, -0.1) is 0 Å². The topological polar surface area (TPSA) is 14.8 Å². The summed E-state index contributed by atoms with van der Waals surface area (Å²) < 4.78 is 7.35. The summed E-state index contributed by atoms with van der Waals surface area (Å²) >= 11 is 0. The van der Waals surface area contributed by atoms with Crippen LogP contribution in [0.15, 0.2) is 194 Å². The maximum atomic E-state index is 2.49. The quantitative estimate of drug-likeness (QED) is 0.172. The van der Waals surface area contributed by atoms with E-state index >= 15 is 0 Å². The van der Waals surface area contributed by atoms with Crippen LogP contribution in [0.5, 0.6) is 0 Å². The Bertz CT molecular complexity index is 3020. The second-order valence-corrected chi connectivity index (χ2v) is 14.1. The summed E-state index contributed by atoms with van der Waals surface area (Å²) in [5, 5.41) is 6.35. The number of para-hydroxylation sites is 4. The highest BCUT2D eigenvalue weighted by molar-refractivity contribution is 6.22. The molecule has 1 aliphatic rings. The lowest BCUT2D eigenvalue weighted by molar-refractivity contribution is 0.858. The van der Waals surface area contributed by atoms with Crippen LogP contribution in [0.3, 0.4) is 0 Å². The molecule has 0 spiro atoms. The highest BCUT2D eigenvalue weighted by Gasteiger charge is 2.24. The van der Waals surface area contributed by atoms with E-state index < -0.39 is 0 Å². The molecule has 0 saturated carbocycles. The van der Waals surface area contributed by atoms with Gasteiger partial charge in [-0.05, 0) is 83.8 Å². The Morgan fingerprint density at radius 3 is 1.64 bits per heavy atom. The predicted molar refractivity (Wildman–Crippen MR) is 223 cm³/mol. The normalized spacial score (nSPS) is 14.6. The van der Waals surface area contributed by atoms with Gasteiger partial charge in [0.05, 0.1) is 22.1 Å². The van der Waals surface area contributed by atoms with Crippen molar-refractivity contribution in [3.63, 3.8) is 0 Å². The minimum Gasteiger partial charge on any atom is -0.309 e. The molecule has 3 heteroatoms. The highest BCUT2D eigenvalue weighted by Crippen LogP contribution is 2.43. The van der Waals surface area contributed by atoms with E-state index in [4.69, 9.17) is 0 Å². The second kappa shape index (κ2) is 11.9. The maximum Gasteiger partial charge on any atom is 0.131 e. The fourth-order valence-electron chi connectivity index (χ4n) is 8.78. The van der Waals surface area contributed by atoms with Gasteiger partial charge in [0, 0.05) is 49.9 Å². The van der Waals surface area contributed by atoms with Gasteiger partial charge >= 0.3 is 0 Å². The van der Waals surface area contributed by atoms with Crippen LogP contribution in [0.2, 0.25) is 0 Å². The Morgan fingerprint density at radius 2 is 0.962 bits per heavy atom. The molecule has 0 saturated heterocycles. The molecule has 0 N–H and O–H groups in total. The first-order valence-corrected chi connectivity index (χ1v) is 18.5. The molecule has 0 bridgehead atoms. The van der Waals surface area contributed by atoms with Crippen molar-refractivity contribution in [2.24, 2.45) is 0 Å². The Balaban J connectivity index is 1.16. The lowest BCUT2D eigenvalue weighted by atomic mass is 9.87. The second-order valence-electron chi connectivity index (χ2n) is 14.1. The molecule has 10 aromatic rings. The smallest absolute Gasteiger partial charge is 0.131 e. The van der Waals surface area contributed by atoms with Gasteiger partial charge in [0.25, 0.3) is 0 Å². The zero-order chi connectivity index (χ0) is 34.9. The third kappa shape index (κ3) is 4.60. The number of rotatable bonds is 5. The fourth-order valence-corrected chi connectivity index (χ4v) is 8.78. The fraction of sp³-hybridized carbons (Fsp3) is 0.0400. The lowest BCUT2D eigenvalue weighted by Crippen LogP contribution is -2.03. The summed E-state index contributed by atoms with van der Waals surface area (Å²) in [6.45, 7) is 0. The molecular formula is C50H35N3. The monoisotopic (exact) mass is 677 g/mol. The molecule has 1 unspecified atom stereocenters. The lowest BCUT2D eigenvalue weighted by Gasteiger charge is -2.18. The van der Waals surface area contributed by atoms with E-state index in [-0.39, 0.29) is 0 Å². The number of aromatic nitrogens is 3. The minimum absolute atomic E-state index is 0.311. The first-order valence-electron chi connectivity index (χ1n) is 18.5. The minimum atomic E-state index is 0.311. The zero-order valence-corrected chi connectivity index (χ0v) is 29.1. The molecule has 0 amide bonds. The van der Waals surface area contributed by atoms with Gasteiger partial charge in [-0.25, -0.2) is 0 Å². The average Bonchev–Trinajstić information content (AvgIpc) is 3.87. The maximum absolute atomic E-state index is 2.49. The molecule has 0 fully saturated rings. The summed E-state index contributed by atoms with van der Waals surface area (Å²) in [5.41, 5.74) is 13.3. The van der Waals surface area contributed by atoms with Crippen molar-refractivity contribution in [2.45, 2.75) is 12.3 Å². The molecular weight excluding hydrogens is 643 g/mol. The van der Waals surface area contributed by atoms with Crippen LogP contribution in [-0.4, -0.2) is 13.7 Å². The van der Waals surface area contributed by atoms with Gasteiger partial charge < -0.3 is 4.57 Å². The Labute approximate surface area is 307 Å². The van der Waals surface area contributed by atoms with Gasteiger partial charge in [-0.3, -0.25) is 9.13 Å². The molecule has 53 heavy (non-hydrogen) atoms. The van der Waals surface area contributed by atoms with Gasteiger partial charge in [0.1, 0.15) is 5.65 Å². The molecule has 3 aromatic heterocycles. The summed E-state index contributed by atoms with van der Waals surface area (Å²) in [4.78, 5) is 0. The van der Waals surface area contributed by atoms with E-state index in [1.54, 1.807) is 0 Å². The third-order valence-electron chi connectivity index (χ3n) is 11.2. The summed E-state index contributed by atoms with van der Waals surface area (Å²) in [6.07, 6.45) is 8.06. The molecule has 3 nitrogen and oxygen atoms in total. The number of hydrogen-bond acceptors (Lipinski definition) is 0. The van der Waals surface area contributed by atoms with Crippen LogP contribution >= 0.6 is 0 Å². The van der Waals surface area contributed by atoms with E-state index in [1.807, 2.05) is 0 Å². The molecule has 0 radical (unpaired) electrons. The van der Waals surface area contributed by atoms with E-state index in [1.165, 1.54) is 71.3 Å². The molecule has 0 aliphatic heterocycles. The van der Waals surface area contributed by atoms with Crippen LogP contribution < -0.4 is 0 Å². The largest absolute Gasteiger partial charge is 0.309 e. The Hall–Kier alpha value is -6.84. The number of fused-ring (bicyclic) bond motifs is 8. The van der Waals surface area contributed by atoms with Gasteiger partial charge in [0.2, 0.25) is 0 Å². The number of hydrogen-bond donors (Lipinski definition) is 0. The van der Waals surface area contributed by atoms with E-state index in [9.17, 15) is 0 Å². The standard InChI is InChI=1S/C50H35N3/c1-3-14-34(15-4-1)35-26-28-36(29-27-35)37-30-31-48-44(32-37)49-43-22-9-12-25-47(43)52(38-16-5-2-6-17-38)50(49)53(48)40-19-13-18-39(33-40)51-45-23-10-7-20-41(45)42-21-8-11-24-46(42)51/h1-28,30-33,36H,29H2. The van der Waals surface area contributed by atoms with Gasteiger partial charge in [0.15, 0.2) is 0 Å². The molecule has 7 aromatic carbocycles. The SMILES string of the molecule is C1=CC(c2ccc3c(c2)c2c4ccccc4n(-c4ccccc4)c2n3-c2cccc(-n3c4ccccc4c4ccccc43)c2)CC=C1c1ccccc1. The number of benzene rings is 7. The Morgan fingerprint density at radius 1 is 0.415 bits per heavy atom. The van der Waals surface area contributed by atoms with Crippen molar-refractivity contribution in [3.8, 4) is 17.1 Å². The van der Waals surface area contributed by atoms with Gasteiger partial charge in [-0.1, -0.05) is 133 Å². The molecule has 1 atom stereocenters. The van der Waals surface area contributed by atoms with E-state index in [2.05, 4.69) is 208 Å². The molecule has 11 rings (SSSR count). The molecule has 3 heterocycles. The van der Waals surface area contributed by atoms with E-state index in [0.29, 0.717) is 5.92 Å². The van der Waals surface area contributed by atoms with Crippen LogP contribution in [0.25, 0.3) is 77.3 Å². The highest BCUT2D eigenvalue weighted by atomic mass is 15.1. The van der Waals surface area contributed by atoms with Crippen molar-refractivity contribution in [3.05, 3.63) is 205 Å². The van der Waals surface area contributed by atoms with Crippen LogP contribution in [0.1, 0.15) is 23.5 Å².